The normalized spacial score (nSPS) is 18.2. The van der Waals surface area contributed by atoms with Crippen LogP contribution in [0.2, 0.25) is 0 Å². The van der Waals surface area contributed by atoms with Crippen LogP contribution >= 0.6 is 0 Å². The van der Waals surface area contributed by atoms with Crippen LogP contribution in [0.15, 0.2) is 24.3 Å². The van der Waals surface area contributed by atoms with Crippen LogP contribution in [0.5, 0.6) is 0 Å². The molecule has 0 aromatic heterocycles. The molecule has 2 rings (SSSR count). The van der Waals surface area contributed by atoms with Crippen molar-refractivity contribution in [2.75, 3.05) is 39.1 Å². The summed E-state index contributed by atoms with van der Waals surface area (Å²) in [6, 6.07) is 6.98. The zero-order valence-electron chi connectivity index (χ0n) is 13.1. The average Bonchev–Trinajstić information content (AvgIpc) is 2.93. The van der Waals surface area contributed by atoms with Crippen molar-refractivity contribution in [1.82, 2.24) is 9.80 Å². The third-order valence-corrected chi connectivity index (χ3v) is 3.86. The highest BCUT2D eigenvalue weighted by Crippen LogP contribution is 2.17. The fraction of sp³-hybridized carbons (Fsp3) is 0.500. The molecule has 1 aliphatic heterocycles. The number of hydrogen-bond acceptors (Lipinski definition) is 4. The molecule has 6 heteroatoms. The number of rotatable bonds is 5. The zero-order valence-corrected chi connectivity index (χ0v) is 13.1. The maximum atomic E-state index is 12.1. The molecule has 2 amide bonds. The van der Waals surface area contributed by atoms with E-state index in [0.717, 1.165) is 19.4 Å². The number of aliphatic hydroxyl groups is 1. The van der Waals surface area contributed by atoms with E-state index < -0.39 is 0 Å². The Balaban J connectivity index is 1.97. The van der Waals surface area contributed by atoms with Crippen LogP contribution in [-0.4, -0.2) is 66.6 Å². The van der Waals surface area contributed by atoms with Gasteiger partial charge in [0.25, 0.3) is 5.91 Å². The highest BCUT2D eigenvalue weighted by Gasteiger charge is 2.25. The summed E-state index contributed by atoms with van der Waals surface area (Å²) >= 11 is 0. The first-order valence-corrected chi connectivity index (χ1v) is 7.47. The van der Waals surface area contributed by atoms with Crippen LogP contribution in [-0.2, 0) is 4.79 Å². The lowest BCUT2D eigenvalue weighted by atomic mass is 10.2. The number of benzene rings is 1. The number of hydrogen-bond donors (Lipinski definition) is 2. The maximum absolute atomic E-state index is 12.1. The third kappa shape index (κ3) is 4.05. The van der Waals surface area contributed by atoms with Gasteiger partial charge in [-0.3, -0.25) is 14.5 Å². The number of anilines is 1. The molecule has 1 aromatic carbocycles. The topological polar surface area (TPSA) is 72.9 Å². The van der Waals surface area contributed by atoms with Crippen molar-refractivity contribution in [2.24, 2.45) is 0 Å². The number of amides is 2. The van der Waals surface area contributed by atoms with E-state index in [1.807, 2.05) is 4.90 Å². The Bertz CT molecular complexity index is 545. The Morgan fingerprint density at radius 3 is 2.86 bits per heavy atom. The largest absolute Gasteiger partial charge is 0.395 e. The lowest BCUT2D eigenvalue weighted by Crippen LogP contribution is -2.38. The second kappa shape index (κ2) is 7.38. The molecule has 0 unspecified atom stereocenters. The summed E-state index contributed by atoms with van der Waals surface area (Å²) in [6.45, 7) is 1.18. The van der Waals surface area contributed by atoms with Gasteiger partial charge in [-0.25, -0.2) is 0 Å². The van der Waals surface area contributed by atoms with Crippen molar-refractivity contribution < 1.29 is 14.7 Å². The van der Waals surface area contributed by atoms with E-state index >= 15 is 0 Å². The first-order chi connectivity index (χ1) is 10.5. The van der Waals surface area contributed by atoms with Gasteiger partial charge in [-0.15, -0.1) is 0 Å². The molecule has 6 nitrogen and oxygen atoms in total. The van der Waals surface area contributed by atoms with Gasteiger partial charge in [0.05, 0.1) is 13.2 Å². The summed E-state index contributed by atoms with van der Waals surface area (Å²) in [7, 11) is 3.38. The second-order valence-electron chi connectivity index (χ2n) is 5.78. The minimum Gasteiger partial charge on any atom is -0.395 e. The summed E-state index contributed by atoms with van der Waals surface area (Å²) < 4.78 is 0. The highest BCUT2D eigenvalue weighted by molar-refractivity contribution is 5.97. The first kappa shape index (κ1) is 16.5. The molecule has 120 valence electrons. The van der Waals surface area contributed by atoms with Gasteiger partial charge >= 0.3 is 0 Å². The number of carbonyl (C=O) groups excluding carboxylic acids is 2. The van der Waals surface area contributed by atoms with Crippen molar-refractivity contribution in [3.8, 4) is 0 Å². The smallest absolute Gasteiger partial charge is 0.253 e. The predicted molar refractivity (Wildman–Crippen MR) is 84.8 cm³/mol. The lowest BCUT2D eigenvalue weighted by Gasteiger charge is -2.21. The van der Waals surface area contributed by atoms with E-state index in [0.29, 0.717) is 11.3 Å². The van der Waals surface area contributed by atoms with Crippen molar-refractivity contribution in [3.05, 3.63) is 29.8 Å². The molecular formula is C16H23N3O3. The van der Waals surface area contributed by atoms with Gasteiger partial charge in [0, 0.05) is 31.4 Å². The molecular weight excluding hydrogens is 282 g/mol. The Morgan fingerprint density at radius 2 is 2.18 bits per heavy atom. The van der Waals surface area contributed by atoms with E-state index in [1.165, 1.54) is 4.90 Å². The maximum Gasteiger partial charge on any atom is 0.253 e. The van der Waals surface area contributed by atoms with Crippen molar-refractivity contribution in [2.45, 2.75) is 18.9 Å². The fourth-order valence-corrected chi connectivity index (χ4v) is 2.68. The minimum atomic E-state index is -0.130. The average molecular weight is 305 g/mol. The number of likely N-dealkylation sites (tertiary alicyclic amines) is 1. The van der Waals surface area contributed by atoms with E-state index in [2.05, 4.69) is 5.32 Å². The van der Waals surface area contributed by atoms with Crippen LogP contribution in [0.1, 0.15) is 23.2 Å². The predicted octanol–water partition coefficient (Wildman–Crippen LogP) is 0.784. The lowest BCUT2D eigenvalue weighted by molar-refractivity contribution is -0.117. The van der Waals surface area contributed by atoms with Crippen molar-refractivity contribution >= 4 is 17.5 Å². The number of aliphatic hydroxyl groups excluding tert-OH is 1. The molecule has 1 heterocycles. The first-order valence-electron chi connectivity index (χ1n) is 7.47. The molecule has 0 bridgehead atoms. The Morgan fingerprint density at radius 1 is 1.41 bits per heavy atom. The molecule has 1 fully saturated rings. The summed E-state index contributed by atoms with van der Waals surface area (Å²) in [4.78, 5) is 27.5. The fourth-order valence-electron chi connectivity index (χ4n) is 2.68. The minimum absolute atomic E-state index is 0.0763. The van der Waals surface area contributed by atoms with Crippen molar-refractivity contribution in [1.29, 1.82) is 0 Å². The zero-order chi connectivity index (χ0) is 16.1. The molecule has 0 saturated carbocycles. The quantitative estimate of drug-likeness (QED) is 0.843. The Hall–Kier alpha value is -1.92. The monoisotopic (exact) mass is 305 g/mol. The van der Waals surface area contributed by atoms with Gasteiger partial charge < -0.3 is 15.3 Å². The molecule has 0 aliphatic carbocycles. The van der Waals surface area contributed by atoms with Gasteiger partial charge in [0.1, 0.15) is 0 Å². The summed E-state index contributed by atoms with van der Waals surface area (Å²) in [5, 5.41) is 12.1. The molecule has 1 aromatic rings. The summed E-state index contributed by atoms with van der Waals surface area (Å²) in [5.74, 6) is -0.231. The molecule has 2 N–H and O–H groups in total. The summed E-state index contributed by atoms with van der Waals surface area (Å²) in [6.07, 6.45) is 1.93. The molecule has 0 spiro atoms. The van der Waals surface area contributed by atoms with Gasteiger partial charge in [-0.05, 0) is 37.6 Å². The highest BCUT2D eigenvalue weighted by atomic mass is 16.3. The molecule has 1 atom stereocenters. The van der Waals surface area contributed by atoms with E-state index in [-0.39, 0.29) is 31.0 Å². The Kier molecular flexibility index (Phi) is 5.51. The van der Waals surface area contributed by atoms with E-state index in [4.69, 9.17) is 0 Å². The van der Waals surface area contributed by atoms with Crippen LogP contribution < -0.4 is 5.32 Å². The molecule has 1 saturated heterocycles. The van der Waals surface area contributed by atoms with E-state index in [9.17, 15) is 14.7 Å². The third-order valence-electron chi connectivity index (χ3n) is 3.86. The van der Waals surface area contributed by atoms with Gasteiger partial charge in [-0.2, -0.15) is 0 Å². The van der Waals surface area contributed by atoms with Crippen LogP contribution in [0, 0.1) is 0 Å². The van der Waals surface area contributed by atoms with E-state index in [1.54, 1.807) is 38.4 Å². The molecule has 22 heavy (non-hydrogen) atoms. The number of carbonyl (C=O) groups is 2. The van der Waals surface area contributed by atoms with Crippen molar-refractivity contribution in [3.63, 3.8) is 0 Å². The summed E-state index contributed by atoms with van der Waals surface area (Å²) in [5.41, 5.74) is 1.15. The number of nitrogens with zero attached hydrogens (tertiary/aromatic N) is 2. The molecule has 0 radical (unpaired) electrons. The van der Waals surface area contributed by atoms with Crippen LogP contribution in [0.3, 0.4) is 0 Å². The van der Waals surface area contributed by atoms with Gasteiger partial charge in [0.15, 0.2) is 0 Å². The number of nitrogens with one attached hydrogen (secondary N) is 1. The SMILES string of the molecule is CN(C)C(=O)c1cccc(NC(=O)CN2CCC[C@H]2CO)c1. The second-order valence-corrected chi connectivity index (χ2v) is 5.78. The van der Waals surface area contributed by atoms with Gasteiger partial charge in [0.2, 0.25) is 5.91 Å². The van der Waals surface area contributed by atoms with Crippen LogP contribution in [0.25, 0.3) is 0 Å². The molecule has 1 aliphatic rings. The Labute approximate surface area is 130 Å². The standard InChI is InChI=1S/C16H23N3O3/c1-18(2)16(22)12-5-3-6-13(9-12)17-15(21)10-19-8-4-7-14(19)11-20/h3,5-6,9,14,20H,4,7-8,10-11H2,1-2H3,(H,17,21)/t14-/m0/s1. The van der Waals surface area contributed by atoms with Gasteiger partial charge in [-0.1, -0.05) is 6.07 Å². The van der Waals surface area contributed by atoms with Crippen LogP contribution in [0.4, 0.5) is 5.69 Å².